The summed E-state index contributed by atoms with van der Waals surface area (Å²) >= 11 is 0. The van der Waals surface area contributed by atoms with Crippen molar-refractivity contribution in [1.29, 1.82) is 0 Å². The lowest BCUT2D eigenvalue weighted by Gasteiger charge is -2.19. The number of ketones is 1. The van der Waals surface area contributed by atoms with Crippen molar-refractivity contribution in [2.24, 2.45) is 17.8 Å². The zero-order valence-corrected chi connectivity index (χ0v) is 21.0. The van der Waals surface area contributed by atoms with E-state index in [1.165, 1.54) is 6.92 Å². The van der Waals surface area contributed by atoms with Crippen LogP contribution in [-0.4, -0.2) is 41.7 Å². The fraction of sp³-hybridized carbons (Fsp3) is 0.615. The second kappa shape index (κ2) is 20.1. The summed E-state index contributed by atoms with van der Waals surface area (Å²) in [6, 6.07) is 8.49. The van der Waals surface area contributed by atoms with E-state index in [4.69, 9.17) is 5.11 Å². The maximum absolute atomic E-state index is 11.8. The smallest absolute Gasteiger partial charge is 0.303 e. The number of hydrogen-bond donors (Lipinski definition) is 2. The number of carboxylic acid groups (broad SMARTS) is 1. The van der Waals surface area contributed by atoms with Crippen LogP contribution in [0, 0.1) is 17.8 Å². The molecule has 0 heterocycles. The van der Waals surface area contributed by atoms with E-state index >= 15 is 0 Å². The van der Waals surface area contributed by atoms with Crippen LogP contribution in [-0.2, 0) is 14.4 Å². The highest BCUT2D eigenvalue weighted by molar-refractivity contribution is 5.97. The summed E-state index contributed by atoms with van der Waals surface area (Å²) in [4.78, 5) is 43.1. The van der Waals surface area contributed by atoms with Gasteiger partial charge in [0.1, 0.15) is 6.29 Å². The number of amides is 1. The molecule has 1 aromatic carbocycles. The first kappa shape index (κ1) is 32.6. The highest BCUT2D eigenvalue weighted by Crippen LogP contribution is 2.09. The molecule has 1 unspecified atom stereocenters. The zero-order chi connectivity index (χ0) is 25.8. The summed E-state index contributed by atoms with van der Waals surface area (Å²) in [5.41, 5.74) is 0.578. The minimum absolute atomic E-state index is 0.0139. The summed E-state index contributed by atoms with van der Waals surface area (Å²) in [5, 5.41) is 21.1. The Morgan fingerprint density at radius 1 is 1.00 bits per heavy atom. The van der Waals surface area contributed by atoms with Gasteiger partial charge in [-0.15, -0.1) is 6.61 Å². The minimum atomic E-state index is -0.877. The average Bonchev–Trinajstić information content (AvgIpc) is 2.80. The van der Waals surface area contributed by atoms with Gasteiger partial charge in [0, 0.05) is 18.4 Å². The predicted octanol–water partition coefficient (Wildman–Crippen LogP) is 3.89. The van der Waals surface area contributed by atoms with Crippen molar-refractivity contribution in [1.82, 2.24) is 5.32 Å². The van der Waals surface area contributed by atoms with Gasteiger partial charge in [-0.1, -0.05) is 72.1 Å². The van der Waals surface area contributed by atoms with Crippen molar-refractivity contribution in [3.05, 3.63) is 35.9 Å². The third kappa shape index (κ3) is 16.7. The standard InChI is InChI=1S/C13H17NO2.C7H14O.C6H11O3/c1-9(2)12(10(3)15)14-13(16)11-7-5-4-6-8-11;1-3-7(4-2)5-6-8;1-2-5(4-7)3-6(8)9/h4-9,12H,1-3H3,(H,14,16);6-7H,3-5H2,1-2H3;5H,2-4H2,1H3,(H,8,9)/q;;-1/t12-;;/m1../s1. The number of benzene rings is 1. The van der Waals surface area contributed by atoms with Crippen molar-refractivity contribution in [2.45, 2.75) is 79.7 Å². The summed E-state index contributed by atoms with van der Waals surface area (Å²) in [5.74, 6) is -0.536. The van der Waals surface area contributed by atoms with Gasteiger partial charge in [0.25, 0.3) is 5.91 Å². The molecule has 0 bridgehead atoms. The highest BCUT2D eigenvalue weighted by Gasteiger charge is 2.20. The van der Waals surface area contributed by atoms with Crippen molar-refractivity contribution in [3.8, 4) is 0 Å². The molecule has 33 heavy (non-hydrogen) atoms. The Kier molecular flexibility index (Phi) is 19.9. The molecule has 0 radical (unpaired) electrons. The molecule has 0 saturated heterocycles. The van der Waals surface area contributed by atoms with Gasteiger partial charge in [-0.05, 0) is 36.8 Å². The molecular formula is C26H42NO6-. The maximum atomic E-state index is 11.8. The van der Waals surface area contributed by atoms with Crippen molar-refractivity contribution in [2.75, 3.05) is 6.61 Å². The molecule has 0 aliphatic carbocycles. The SMILES string of the molecule is CC(=O)[C@H](NC(=O)c1ccccc1)C(C)C.CCC(CC)CC=O.CCC(C[O-])CC(=O)O. The number of Topliss-reactive ketones (excluding diaryl/α,β-unsaturated/α-hetero) is 1. The van der Waals surface area contributed by atoms with Gasteiger partial charge in [0.05, 0.1) is 6.04 Å². The lowest BCUT2D eigenvalue weighted by molar-refractivity contribution is -0.379. The van der Waals surface area contributed by atoms with E-state index in [1.54, 1.807) is 24.3 Å². The van der Waals surface area contributed by atoms with Crippen LogP contribution in [0.2, 0.25) is 0 Å². The van der Waals surface area contributed by atoms with E-state index in [1.807, 2.05) is 26.8 Å². The van der Waals surface area contributed by atoms with Crippen LogP contribution in [0.4, 0.5) is 0 Å². The Morgan fingerprint density at radius 2 is 1.52 bits per heavy atom. The molecule has 188 valence electrons. The summed E-state index contributed by atoms with van der Waals surface area (Å²) in [6.07, 6.45) is 4.70. The Morgan fingerprint density at radius 3 is 1.79 bits per heavy atom. The first-order valence-corrected chi connectivity index (χ1v) is 11.7. The van der Waals surface area contributed by atoms with E-state index in [2.05, 4.69) is 19.2 Å². The number of carbonyl (C=O) groups is 4. The van der Waals surface area contributed by atoms with Crippen LogP contribution in [0.1, 0.15) is 84.0 Å². The quantitative estimate of drug-likeness (QED) is 0.452. The number of aldehydes is 1. The Balaban J connectivity index is 0. The number of aliphatic carboxylic acids is 1. The Bertz CT molecular complexity index is 667. The van der Waals surface area contributed by atoms with Gasteiger partial charge in [0.15, 0.2) is 5.78 Å². The van der Waals surface area contributed by atoms with Crippen molar-refractivity contribution in [3.63, 3.8) is 0 Å². The molecule has 1 amide bonds. The molecule has 2 N–H and O–H groups in total. The Hall–Kier alpha value is -2.54. The third-order valence-electron chi connectivity index (χ3n) is 5.29. The molecule has 0 saturated carbocycles. The normalized spacial score (nSPS) is 11.9. The predicted molar refractivity (Wildman–Crippen MR) is 129 cm³/mol. The molecule has 0 fully saturated rings. The first-order valence-electron chi connectivity index (χ1n) is 11.7. The largest absolute Gasteiger partial charge is 0.854 e. The molecule has 0 spiro atoms. The van der Waals surface area contributed by atoms with E-state index in [0.29, 0.717) is 17.9 Å². The summed E-state index contributed by atoms with van der Waals surface area (Å²) in [6.45, 7) is 11.1. The van der Waals surface area contributed by atoms with Crippen LogP contribution in [0.25, 0.3) is 0 Å². The van der Waals surface area contributed by atoms with Gasteiger partial charge in [0.2, 0.25) is 0 Å². The second-order valence-corrected chi connectivity index (χ2v) is 8.30. The maximum Gasteiger partial charge on any atom is 0.303 e. The number of hydrogen-bond acceptors (Lipinski definition) is 5. The van der Waals surface area contributed by atoms with Crippen LogP contribution in [0.15, 0.2) is 30.3 Å². The van der Waals surface area contributed by atoms with Crippen molar-refractivity contribution < 1.29 is 29.4 Å². The average molecular weight is 465 g/mol. The van der Waals surface area contributed by atoms with Gasteiger partial charge in [-0.2, -0.15) is 0 Å². The van der Waals surface area contributed by atoms with Gasteiger partial charge in [-0.25, -0.2) is 0 Å². The van der Waals surface area contributed by atoms with E-state index < -0.39 is 12.0 Å². The number of carbonyl (C=O) groups excluding carboxylic acids is 3. The number of rotatable bonds is 12. The molecular weight excluding hydrogens is 422 g/mol. The van der Waals surface area contributed by atoms with Crippen LogP contribution in [0.5, 0.6) is 0 Å². The van der Waals surface area contributed by atoms with Crippen molar-refractivity contribution >= 4 is 23.9 Å². The lowest BCUT2D eigenvalue weighted by atomic mass is 10.0. The van der Waals surface area contributed by atoms with Crippen LogP contribution >= 0.6 is 0 Å². The van der Waals surface area contributed by atoms with E-state index in [0.717, 1.165) is 25.5 Å². The molecule has 0 aliphatic rings. The molecule has 7 heteroatoms. The minimum Gasteiger partial charge on any atom is -0.854 e. The zero-order valence-electron chi connectivity index (χ0n) is 21.0. The third-order valence-corrected chi connectivity index (χ3v) is 5.29. The number of nitrogens with one attached hydrogen (secondary N) is 1. The highest BCUT2D eigenvalue weighted by atomic mass is 16.4. The van der Waals surface area contributed by atoms with Crippen LogP contribution in [0.3, 0.4) is 0 Å². The van der Waals surface area contributed by atoms with E-state index in [9.17, 15) is 24.3 Å². The molecule has 0 aliphatic heterocycles. The topological polar surface area (TPSA) is 124 Å². The lowest BCUT2D eigenvalue weighted by Crippen LogP contribution is -2.43. The summed E-state index contributed by atoms with van der Waals surface area (Å²) in [7, 11) is 0. The molecule has 1 aromatic rings. The van der Waals surface area contributed by atoms with Gasteiger partial charge >= 0.3 is 5.97 Å². The fourth-order valence-corrected chi connectivity index (χ4v) is 2.88. The summed E-state index contributed by atoms with van der Waals surface area (Å²) < 4.78 is 0. The Labute approximate surface area is 199 Å². The van der Waals surface area contributed by atoms with Gasteiger partial charge < -0.3 is 20.3 Å². The molecule has 0 aromatic heterocycles. The fourth-order valence-electron chi connectivity index (χ4n) is 2.88. The first-order chi connectivity index (χ1) is 15.6. The van der Waals surface area contributed by atoms with Crippen LogP contribution < -0.4 is 10.4 Å². The second-order valence-electron chi connectivity index (χ2n) is 8.30. The molecule has 7 nitrogen and oxygen atoms in total. The monoisotopic (exact) mass is 464 g/mol. The molecule has 2 atom stereocenters. The molecule has 1 rings (SSSR count). The van der Waals surface area contributed by atoms with E-state index in [-0.39, 0.29) is 36.6 Å². The van der Waals surface area contributed by atoms with Gasteiger partial charge in [-0.3, -0.25) is 14.4 Å². The number of carboxylic acids is 1.